The molecule has 0 aromatic carbocycles. The lowest BCUT2D eigenvalue weighted by atomic mass is 10.5. The highest BCUT2D eigenvalue weighted by molar-refractivity contribution is 5.33. The lowest BCUT2D eigenvalue weighted by Crippen LogP contribution is -1.86. The lowest BCUT2D eigenvalue weighted by molar-refractivity contribution is 0.572. The van der Waals surface area contributed by atoms with Crippen LogP contribution in [-0.4, -0.2) is 12.0 Å². The second-order valence-corrected chi connectivity index (χ2v) is 1.52. The molecule has 0 saturated heterocycles. The average Bonchev–Trinajstić information content (AvgIpc) is 2.14. The Morgan fingerprint density at radius 2 is 2.50 bits per heavy atom. The molecule has 3 nitrogen and oxygen atoms in total. The van der Waals surface area contributed by atoms with E-state index in [1.54, 1.807) is 7.05 Å². The van der Waals surface area contributed by atoms with Gasteiger partial charge in [-0.25, -0.2) is 4.98 Å². The third kappa shape index (κ3) is 0.665. The van der Waals surface area contributed by atoms with Crippen LogP contribution in [0, 0.1) is 6.92 Å². The summed E-state index contributed by atoms with van der Waals surface area (Å²) in [4.78, 5) is 3.86. The van der Waals surface area contributed by atoms with Gasteiger partial charge in [0.05, 0.1) is 0 Å². The molecular formula is C5H8N2O. The van der Waals surface area contributed by atoms with Crippen molar-refractivity contribution in [2.45, 2.75) is 6.92 Å². The number of hydrogen-bond acceptors (Lipinski definition) is 3. The number of oxazole rings is 1. The average molecular weight is 112 g/mol. The number of nitrogens with zero attached hydrogens (tertiary/aromatic N) is 1. The summed E-state index contributed by atoms with van der Waals surface area (Å²) in [5, 5.41) is 2.85. The molecule has 0 saturated carbocycles. The molecule has 0 radical (unpaired) electrons. The van der Waals surface area contributed by atoms with E-state index in [0.29, 0.717) is 0 Å². The molecule has 1 aromatic heterocycles. The van der Waals surface area contributed by atoms with Crippen molar-refractivity contribution in [1.82, 2.24) is 4.98 Å². The Balaban J connectivity index is 2.92. The summed E-state index contributed by atoms with van der Waals surface area (Å²) >= 11 is 0. The topological polar surface area (TPSA) is 38.1 Å². The summed E-state index contributed by atoms with van der Waals surface area (Å²) in [6, 6.07) is 0. The van der Waals surface area contributed by atoms with E-state index >= 15 is 0 Å². The van der Waals surface area contributed by atoms with E-state index in [4.69, 9.17) is 4.42 Å². The van der Waals surface area contributed by atoms with Crippen molar-refractivity contribution in [1.29, 1.82) is 0 Å². The van der Waals surface area contributed by atoms with Crippen molar-refractivity contribution in [2.24, 2.45) is 0 Å². The minimum absolute atomic E-state index is 0.741. The first kappa shape index (κ1) is 5.15. The van der Waals surface area contributed by atoms with Gasteiger partial charge in [-0.2, -0.15) is 0 Å². The van der Waals surface area contributed by atoms with E-state index in [2.05, 4.69) is 10.3 Å². The van der Waals surface area contributed by atoms with Crippen molar-refractivity contribution in [3.63, 3.8) is 0 Å². The molecule has 0 unspecified atom stereocenters. The molecule has 44 valence electrons. The van der Waals surface area contributed by atoms with Crippen LogP contribution in [0.2, 0.25) is 0 Å². The highest BCUT2D eigenvalue weighted by atomic mass is 16.4. The fraction of sp³-hybridized carbons (Fsp3) is 0.400. The van der Waals surface area contributed by atoms with Crippen molar-refractivity contribution in [3.8, 4) is 0 Å². The number of rotatable bonds is 1. The van der Waals surface area contributed by atoms with Crippen molar-refractivity contribution >= 4 is 5.88 Å². The maximum Gasteiger partial charge on any atom is 0.216 e. The number of nitrogens with one attached hydrogen (secondary N) is 1. The van der Waals surface area contributed by atoms with E-state index in [9.17, 15) is 0 Å². The maximum atomic E-state index is 4.89. The summed E-state index contributed by atoms with van der Waals surface area (Å²) in [6.45, 7) is 1.88. The third-order valence-electron chi connectivity index (χ3n) is 0.973. The van der Waals surface area contributed by atoms with Gasteiger partial charge in [-0.3, -0.25) is 0 Å². The van der Waals surface area contributed by atoms with E-state index < -0.39 is 0 Å². The largest absolute Gasteiger partial charge is 0.428 e. The van der Waals surface area contributed by atoms with Gasteiger partial charge >= 0.3 is 0 Å². The highest BCUT2D eigenvalue weighted by Crippen LogP contribution is 2.08. The molecule has 0 aliphatic heterocycles. The molecule has 0 bridgehead atoms. The molecule has 3 heteroatoms. The van der Waals surface area contributed by atoms with Crippen LogP contribution in [0.25, 0.3) is 0 Å². The summed E-state index contributed by atoms with van der Waals surface area (Å²) < 4.78 is 4.89. The van der Waals surface area contributed by atoms with Gasteiger partial charge in [0.1, 0.15) is 5.69 Å². The molecule has 1 N–H and O–H groups in total. The Labute approximate surface area is 47.7 Å². The Morgan fingerprint density at radius 1 is 1.75 bits per heavy atom. The van der Waals surface area contributed by atoms with Crippen LogP contribution in [0.3, 0.4) is 0 Å². The lowest BCUT2D eigenvalue weighted by Gasteiger charge is -1.89. The van der Waals surface area contributed by atoms with Gasteiger partial charge in [0, 0.05) is 7.05 Å². The van der Waals surface area contributed by atoms with E-state index in [-0.39, 0.29) is 0 Å². The van der Waals surface area contributed by atoms with E-state index in [1.165, 1.54) is 6.39 Å². The number of aryl methyl sites for hydroxylation is 1. The first-order chi connectivity index (χ1) is 3.84. The van der Waals surface area contributed by atoms with Crippen LogP contribution in [0.4, 0.5) is 5.88 Å². The molecule has 1 aromatic rings. The Bertz CT molecular complexity index is 171. The molecule has 0 spiro atoms. The van der Waals surface area contributed by atoms with Crippen LogP contribution in [-0.2, 0) is 0 Å². The number of hydrogen-bond donors (Lipinski definition) is 1. The first-order valence-electron chi connectivity index (χ1n) is 2.42. The molecule has 1 rings (SSSR count). The molecule has 0 aliphatic rings. The normalized spacial score (nSPS) is 9.25. The van der Waals surface area contributed by atoms with Gasteiger partial charge in [-0.15, -0.1) is 0 Å². The zero-order chi connectivity index (χ0) is 5.98. The second kappa shape index (κ2) is 1.86. The molecule has 0 fully saturated rings. The molecule has 8 heavy (non-hydrogen) atoms. The third-order valence-corrected chi connectivity index (χ3v) is 0.973. The predicted molar refractivity (Wildman–Crippen MR) is 30.8 cm³/mol. The standard InChI is InChI=1S/C5H8N2O/c1-4-5(6-2)8-3-7-4/h3,6H,1-2H3. The van der Waals surface area contributed by atoms with Crippen molar-refractivity contribution < 1.29 is 4.42 Å². The molecule has 0 atom stereocenters. The van der Waals surface area contributed by atoms with Crippen LogP contribution in [0.15, 0.2) is 10.8 Å². The number of aromatic nitrogens is 1. The number of anilines is 1. The first-order valence-corrected chi connectivity index (χ1v) is 2.42. The summed E-state index contributed by atoms with van der Waals surface area (Å²) in [5.41, 5.74) is 0.896. The smallest absolute Gasteiger partial charge is 0.216 e. The molecular weight excluding hydrogens is 104 g/mol. The summed E-state index contributed by atoms with van der Waals surface area (Å²) in [5.74, 6) is 0.741. The van der Waals surface area contributed by atoms with E-state index in [0.717, 1.165) is 11.6 Å². The monoisotopic (exact) mass is 112 g/mol. The van der Waals surface area contributed by atoms with Gasteiger partial charge in [0.2, 0.25) is 5.88 Å². The Morgan fingerprint density at radius 3 is 2.75 bits per heavy atom. The van der Waals surface area contributed by atoms with Crippen LogP contribution < -0.4 is 5.32 Å². The van der Waals surface area contributed by atoms with E-state index in [1.807, 2.05) is 6.92 Å². The summed E-state index contributed by atoms with van der Waals surface area (Å²) in [7, 11) is 1.80. The Hall–Kier alpha value is -0.990. The van der Waals surface area contributed by atoms with Gasteiger partial charge in [0.25, 0.3) is 0 Å². The minimum atomic E-state index is 0.741. The maximum absolute atomic E-state index is 4.89. The highest BCUT2D eigenvalue weighted by Gasteiger charge is 1.95. The SMILES string of the molecule is CNc1ocnc1C. The zero-order valence-corrected chi connectivity index (χ0v) is 4.93. The van der Waals surface area contributed by atoms with Gasteiger partial charge in [0.15, 0.2) is 6.39 Å². The second-order valence-electron chi connectivity index (χ2n) is 1.52. The van der Waals surface area contributed by atoms with Gasteiger partial charge < -0.3 is 9.73 Å². The molecule has 0 aliphatic carbocycles. The van der Waals surface area contributed by atoms with Crippen LogP contribution >= 0.6 is 0 Å². The fourth-order valence-corrected chi connectivity index (χ4v) is 0.542. The zero-order valence-electron chi connectivity index (χ0n) is 4.93. The van der Waals surface area contributed by atoms with Gasteiger partial charge in [-0.05, 0) is 6.92 Å². The molecule has 1 heterocycles. The van der Waals surface area contributed by atoms with Crippen molar-refractivity contribution in [2.75, 3.05) is 12.4 Å². The fourth-order valence-electron chi connectivity index (χ4n) is 0.542. The van der Waals surface area contributed by atoms with Crippen LogP contribution in [0.1, 0.15) is 5.69 Å². The quantitative estimate of drug-likeness (QED) is 0.589. The Kier molecular flexibility index (Phi) is 1.20. The molecule has 0 amide bonds. The summed E-state index contributed by atoms with van der Waals surface area (Å²) in [6.07, 6.45) is 1.42. The minimum Gasteiger partial charge on any atom is -0.428 e. The van der Waals surface area contributed by atoms with Crippen LogP contribution in [0.5, 0.6) is 0 Å². The predicted octanol–water partition coefficient (Wildman–Crippen LogP) is 1.02. The van der Waals surface area contributed by atoms with Gasteiger partial charge in [-0.1, -0.05) is 0 Å². The van der Waals surface area contributed by atoms with Crippen molar-refractivity contribution in [3.05, 3.63) is 12.1 Å².